The van der Waals surface area contributed by atoms with E-state index >= 15 is 0 Å². The molecule has 0 fully saturated rings. The van der Waals surface area contributed by atoms with Crippen molar-refractivity contribution in [3.05, 3.63) is 88.3 Å². The van der Waals surface area contributed by atoms with Crippen LogP contribution in [0.15, 0.2) is 71.5 Å². The van der Waals surface area contributed by atoms with Crippen LogP contribution in [0.25, 0.3) is 5.69 Å². The molecule has 0 spiro atoms. The van der Waals surface area contributed by atoms with E-state index in [2.05, 4.69) is 10.4 Å². The Balaban J connectivity index is 1.60. The summed E-state index contributed by atoms with van der Waals surface area (Å²) in [5.74, 6) is 0.305. The first kappa shape index (κ1) is 18.4. The molecular weight excluding hydrogens is 342 g/mol. The van der Waals surface area contributed by atoms with Crippen molar-refractivity contribution in [3.8, 4) is 11.4 Å². The largest absolute Gasteiger partial charge is 0.494 e. The molecule has 1 N–H and O–H groups in total. The molecule has 3 rings (SSSR count). The van der Waals surface area contributed by atoms with E-state index in [9.17, 15) is 9.59 Å². The number of hydrogen-bond donors (Lipinski definition) is 1. The molecule has 0 aliphatic carbocycles. The van der Waals surface area contributed by atoms with E-state index in [4.69, 9.17) is 4.74 Å². The third-order valence-electron chi connectivity index (χ3n) is 3.94. The highest BCUT2D eigenvalue weighted by Gasteiger charge is 2.14. The van der Waals surface area contributed by atoms with E-state index in [1.807, 2.05) is 60.7 Å². The van der Waals surface area contributed by atoms with Gasteiger partial charge in [-0.3, -0.25) is 9.59 Å². The van der Waals surface area contributed by atoms with E-state index in [-0.39, 0.29) is 5.69 Å². The summed E-state index contributed by atoms with van der Waals surface area (Å²) in [6.07, 6.45) is 0.624. The average Bonchev–Trinajstić information content (AvgIpc) is 2.69. The number of hydrogen-bond acceptors (Lipinski definition) is 4. The summed E-state index contributed by atoms with van der Waals surface area (Å²) in [7, 11) is 0. The Kier molecular flexibility index (Phi) is 5.99. The zero-order chi connectivity index (χ0) is 19.1. The monoisotopic (exact) mass is 363 g/mol. The topological polar surface area (TPSA) is 73.2 Å². The van der Waals surface area contributed by atoms with E-state index in [0.29, 0.717) is 25.3 Å². The maximum Gasteiger partial charge on any atom is 0.275 e. The number of aromatic nitrogens is 2. The zero-order valence-corrected chi connectivity index (χ0v) is 15.1. The van der Waals surface area contributed by atoms with Crippen molar-refractivity contribution in [2.24, 2.45) is 0 Å². The maximum absolute atomic E-state index is 12.4. The van der Waals surface area contributed by atoms with Gasteiger partial charge in [0.1, 0.15) is 5.75 Å². The van der Waals surface area contributed by atoms with Crippen molar-refractivity contribution in [1.82, 2.24) is 15.1 Å². The van der Waals surface area contributed by atoms with Gasteiger partial charge in [0.2, 0.25) is 5.43 Å². The summed E-state index contributed by atoms with van der Waals surface area (Å²) in [6.45, 7) is 2.65. The molecule has 0 radical (unpaired) electrons. The first-order valence-electron chi connectivity index (χ1n) is 8.77. The van der Waals surface area contributed by atoms with Crippen molar-refractivity contribution in [3.63, 3.8) is 0 Å². The van der Waals surface area contributed by atoms with Crippen molar-refractivity contribution in [2.45, 2.75) is 13.3 Å². The first-order valence-corrected chi connectivity index (χ1v) is 8.77. The first-order chi connectivity index (χ1) is 13.1. The third-order valence-corrected chi connectivity index (χ3v) is 3.94. The normalized spacial score (nSPS) is 10.4. The minimum Gasteiger partial charge on any atom is -0.494 e. The lowest BCUT2D eigenvalue weighted by Gasteiger charge is -2.11. The Morgan fingerprint density at radius 1 is 1.07 bits per heavy atom. The highest BCUT2D eigenvalue weighted by molar-refractivity contribution is 5.92. The van der Waals surface area contributed by atoms with Crippen molar-refractivity contribution in [2.75, 3.05) is 13.2 Å². The van der Waals surface area contributed by atoms with Gasteiger partial charge in [0.15, 0.2) is 5.69 Å². The molecule has 1 amide bonds. The minimum atomic E-state index is -0.482. The molecule has 1 heterocycles. The predicted molar refractivity (Wildman–Crippen MR) is 103 cm³/mol. The van der Waals surface area contributed by atoms with E-state index < -0.39 is 11.3 Å². The molecular formula is C21H21N3O3. The number of carbonyl (C=O) groups is 1. The number of amides is 1. The van der Waals surface area contributed by atoms with Gasteiger partial charge >= 0.3 is 0 Å². The molecule has 1 aromatic heterocycles. The fourth-order valence-corrected chi connectivity index (χ4v) is 2.60. The number of nitrogens with zero attached hydrogens (tertiary/aromatic N) is 2. The third kappa shape index (κ3) is 4.82. The smallest absolute Gasteiger partial charge is 0.275 e. The lowest BCUT2D eigenvalue weighted by atomic mass is 10.2. The van der Waals surface area contributed by atoms with Crippen molar-refractivity contribution >= 4 is 5.91 Å². The van der Waals surface area contributed by atoms with Gasteiger partial charge in [0, 0.05) is 18.3 Å². The van der Waals surface area contributed by atoms with Crippen LogP contribution < -0.4 is 15.5 Å². The minimum absolute atomic E-state index is 0.117. The zero-order valence-electron chi connectivity index (χ0n) is 15.1. The number of carbonyl (C=O) groups excluding carboxylic acids is 1. The van der Waals surface area contributed by atoms with Gasteiger partial charge in [-0.05, 0) is 37.6 Å². The molecule has 0 saturated heterocycles. The lowest BCUT2D eigenvalue weighted by Crippen LogP contribution is -2.33. The molecule has 6 heteroatoms. The van der Waals surface area contributed by atoms with Crippen LogP contribution in [-0.2, 0) is 0 Å². The Labute approximate surface area is 157 Å². The van der Waals surface area contributed by atoms with Crippen LogP contribution in [0.4, 0.5) is 0 Å². The molecule has 0 bridgehead atoms. The Bertz CT molecular complexity index is 953. The van der Waals surface area contributed by atoms with Crippen LogP contribution >= 0.6 is 0 Å². The number of ether oxygens (including phenoxy) is 1. The van der Waals surface area contributed by atoms with Gasteiger partial charge in [0.25, 0.3) is 5.91 Å². The molecule has 0 unspecified atom stereocenters. The van der Waals surface area contributed by atoms with Crippen LogP contribution in [0, 0.1) is 6.92 Å². The van der Waals surface area contributed by atoms with Crippen LogP contribution in [0.5, 0.6) is 5.75 Å². The van der Waals surface area contributed by atoms with Crippen LogP contribution in [-0.4, -0.2) is 28.8 Å². The molecule has 0 aliphatic heterocycles. The summed E-state index contributed by atoms with van der Waals surface area (Å²) < 4.78 is 7.17. The maximum atomic E-state index is 12.4. The van der Waals surface area contributed by atoms with Crippen LogP contribution in [0.3, 0.4) is 0 Å². The van der Waals surface area contributed by atoms with Gasteiger partial charge in [-0.15, -0.1) is 0 Å². The number of nitrogens with one attached hydrogen (secondary N) is 1. The second-order valence-corrected chi connectivity index (χ2v) is 6.02. The Morgan fingerprint density at radius 2 is 1.74 bits per heavy atom. The van der Waals surface area contributed by atoms with Gasteiger partial charge < -0.3 is 10.1 Å². The van der Waals surface area contributed by atoms with Gasteiger partial charge in [0.05, 0.1) is 12.3 Å². The van der Waals surface area contributed by atoms with Crippen LogP contribution in [0.2, 0.25) is 0 Å². The molecule has 6 nitrogen and oxygen atoms in total. The molecule has 0 aliphatic rings. The Morgan fingerprint density at radius 3 is 2.44 bits per heavy atom. The number of benzene rings is 2. The van der Waals surface area contributed by atoms with Crippen LogP contribution in [0.1, 0.15) is 22.6 Å². The highest BCUT2D eigenvalue weighted by atomic mass is 16.5. The second kappa shape index (κ2) is 8.80. The van der Waals surface area contributed by atoms with Gasteiger partial charge in [-0.2, -0.15) is 5.10 Å². The molecule has 27 heavy (non-hydrogen) atoms. The number of aryl methyl sites for hydroxylation is 1. The molecule has 138 valence electrons. The summed E-state index contributed by atoms with van der Waals surface area (Å²) in [5.41, 5.74) is 0.950. The van der Waals surface area contributed by atoms with E-state index in [1.54, 1.807) is 11.6 Å². The van der Waals surface area contributed by atoms with E-state index in [0.717, 1.165) is 11.4 Å². The fourth-order valence-electron chi connectivity index (χ4n) is 2.60. The number of rotatable bonds is 7. The predicted octanol–water partition coefficient (Wildman–Crippen LogP) is 2.74. The lowest BCUT2D eigenvalue weighted by molar-refractivity contribution is 0.0943. The molecule has 0 atom stereocenters. The second-order valence-electron chi connectivity index (χ2n) is 6.02. The molecule has 0 saturated carbocycles. The van der Waals surface area contributed by atoms with E-state index in [1.165, 1.54) is 6.07 Å². The van der Waals surface area contributed by atoms with Crippen molar-refractivity contribution in [1.29, 1.82) is 0 Å². The van der Waals surface area contributed by atoms with Gasteiger partial charge in [-0.25, -0.2) is 4.68 Å². The summed E-state index contributed by atoms with van der Waals surface area (Å²) >= 11 is 0. The van der Waals surface area contributed by atoms with Gasteiger partial charge in [-0.1, -0.05) is 36.4 Å². The summed E-state index contributed by atoms with van der Waals surface area (Å²) in [4.78, 5) is 24.5. The average molecular weight is 363 g/mol. The Hall–Kier alpha value is -3.41. The summed E-state index contributed by atoms with van der Waals surface area (Å²) in [6, 6.07) is 20.3. The fraction of sp³-hybridized carbons (Fsp3) is 0.190. The number of para-hydroxylation sites is 2. The standard InChI is InChI=1S/C21H21N3O3/c1-16-15-19(25)20(23-24(16)17-9-4-2-5-10-17)21(26)22-13-8-14-27-18-11-6-3-7-12-18/h2-7,9-12,15H,8,13-14H2,1H3,(H,22,26). The molecule has 2 aromatic carbocycles. The highest BCUT2D eigenvalue weighted by Crippen LogP contribution is 2.09. The SMILES string of the molecule is Cc1cc(=O)c(C(=O)NCCCOc2ccccc2)nn1-c1ccccc1. The quantitative estimate of drug-likeness (QED) is 0.655. The summed E-state index contributed by atoms with van der Waals surface area (Å²) in [5, 5.41) is 6.98. The molecule has 3 aromatic rings. The van der Waals surface area contributed by atoms with Crippen molar-refractivity contribution < 1.29 is 9.53 Å².